The first-order valence-electron chi connectivity index (χ1n) is 4.20. The van der Waals surface area contributed by atoms with Crippen molar-refractivity contribution in [3.63, 3.8) is 0 Å². The molecule has 1 unspecified atom stereocenters. The van der Waals surface area contributed by atoms with Gasteiger partial charge in [0.2, 0.25) is 0 Å². The maximum absolute atomic E-state index is 3.53. The van der Waals surface area contributed by atoms with Crippen molar-refractivity contribution in [1.82, 2.24) is 5.32 Å². The second-order valence-electron chi connectivity index (χ2n) is 3.30. The van der Waals surface area contributed by atoms with Crippen molar-refractivity contribution in [3.8, 4) is 0 Å². The van der Waals surface area contributed by atoms with E-state index in [1.807, 2.05) is 0 Å². The predicted molar refractivity (Wildman–Crippen MR) is 45.1 cm³/mol. The average Bonchev–Trinajstić information content (AvgIpc) is 1.88. The van der Waals surface area contributed by atoms with Crippen molar-refractivity contribution >= 4 is 0 Å². The minimum absolute atomic E-state index is 0.636. The molecule has 0 radical (unpaired) electrons. The van der Waals surface area contributed by atoms with Gasteiger partial charge in [-0.15, -0.1) is 0 Å². The van der Waals surface area contributed by atoms with Crippen LogP contribution >= 0.6 is 0 Å². The molecule has 0 aromatic heterocycles. The summed E-state index contributed by atoms with van der Waals surface area (Å²) in [6.07, 6.45) is 8.35. The van der Waals surface area contributed by atoms with Crippen LogP contribution in [-0.4, -0.2) is 12.1 Å². The smallest absolute Gasteiger partial charge is 0.0107 e. The Bertz CT molecular complexity index is 116. The predicted octanol–water partition coefficient (Wildman–Crippen LogP) is 2.09. The highest BCUT2D eigenvalue weighted by atomic mass is 14.9. The summed E-state index contributed by atoms with van der Waals surface area (Å²) in [5.74, 6) is 0. The Morgan fingerprint density at radius 3 is 2.70 bits per heavy atom. The van der Waals surface area contributed by atoms with E-state index in [-0.39, 0.29) is 0 Å². The van der Waals surface area contributed by atoms with Gasteiger partial charge in [0.05, 0.1) is 0 Å². The fraction of sp³-hybridized carbons (Fsp3) is 0.778. The number of hydrogen-bond acceptors (Lipinski definition) is 1. The van der Waals surface area contributed by atoms with Crippen LogP contribution in [0.1, 0.15) is 33.1 Å². The maximum atomic E-state index is 3.53. The summed E-state index contributed by atoms with van der Waals surface area (Å²) < 4.78 is 0. The Kier molecular flexibility index (Phi) is 2.94. The largest absolute Gasteiger partial charge is 0.311 e. The van der Waals surface area contributed by atoms with Gasteiger partial charge in [0, 0.05) is 12.1 Å². The van der Waals surface area contributed by atoms with Crippen LogP contribution in [0.5, 0.6) is 0 Å². The lowest BCUT2D eigenvalue weighted by atomic mass is 10.0. The second kappa shape index (κ2) is 3.77. The van der Waals surface area contributed by atoms with Crippen LogP contribution in [-0.2, 0) is 0 Å². The van der Waals surface area contributed by atoms with Gasteiger partial charge in [-0.3, -0.25) is 0 Å². The third-order valence-electron chi connectivity index (χ3n) is 1.84. The van der Waals surface area contributed by atoms with Crippen LogP contribution in [0.4, 0.5) is 0 Å². The van der Waals surface area contributed by atoms with Crippen LogP contribution in [0.25, 0.3) is 0 Å². The SMILES string of the molecule is CC(C)NC1CC=CCC1. The summed E-state index contributed by atoms with van der Waals surface area (Å²) in [6.45, 7) is 4.41. The van der Waals surface area contributed by atoms with E-state index in [0.29, 0.717) is 6.04 Å². The standard InChI is InChI=1S/C9H17N/c1-8(2)10-9-6-4-3-5-7-9/h3-4,8-10H,5-7H2,1-2H3. The topological polar surface area (TPSA) is 12.0 Å². The minimum atomic E-state index is 0.636. The molecule has 0 saturated heterocycles. The monoisotopic (exact) mass is 139 g/mol. The first-order valence-corrected chi connectivity index (χ1v) is 4.20. The molecule has 0 fully saturated rings. The van der Waals surface area contributed by atoms with Gasteiger partial charge in [-0.1, -0.05) is 26.0 Å². The van der Waals surface area contributed by atoms with Crippen molar-refractivity contribution in [3.05, 3.63) is 12.2 Å². The number of rotatable bonds is 2. The maximum Gasteiger partial charge on any atom is 0.0107 e. The molecular formula is C9H17N. The highest BCUT2D eigenvalue weighted by Gasteiger charge is 2.09. The molecule has 0 bridgehead atoms. The molecule has 1 N–H and O–H groups in total. The number of nitrogens with one attached hydrogen (secondary N) is 1. The van der Waals surface area contributed by atoms with E-state index < -0.39 is 0 Å². The highest BCUT2D eigenvalue weighted by Crippen LogP contribution is 2.10. The summed E-state index contributed by atoms with van der Waals surface area (Å²) >= 11 is 0. The van der Waals surface area contributed by atoms with Crippen LogP contribution < -0.4 is 5.32 Å². The zero-order valence-electron chi connectivity index (χ0n) is 6.93. The number of hydrogen-bond donors (Lipinski definition) is 1. The summed E-state index contributed by atoms with van der Waals surface area (Å²) in [7, 11) is 0. The molecule has 1 rings (SSSR count). The summed E-state index contributed by atoms with van der Waals surface area (Å²) in [5, 5.41) is 3.53. The van der Waals surface area contributed by atoms with Gasteiger partial charge in [0.1, 0.15) is 0 Å². The van der Waals surface area contributed by atoms with Gasteiger partial charge in [-0.25, -0.2) is 0 Å². The van der Waals surface area contributed by atoms with Gasteiger partial charge < -0.3 is 5.32 Å². The Morgan fingerprint density at radius 2 is 2.20 bits per heavy atom. The van der Waals surface area contributed by atoms with Gasteiger partial charge in [0.15, 0.2) is 0 Å². The van der Waals surface area contributed by atoms with Crippen LogP contribution in [0.3, 0.4) is 0 Å². The highest BCUT2D eigenvalue weighted by molar-refractivity contribution is 4.93. The molecule has 0 spiro atoms. The lowest BCUT2D eigenvalue weighted by Gasteiger charge is -2.21. The van der Waals surface area contributed by atoms with E-state index in [0.717, 1.165) is 6.04 Å². The lowest BCUT2D eigenvalue weighted by molar-refractivity contribution is 0.434. The molecule has 1 heteroatoms. The second-order valence-corrected chi connectivity index (χ2v) is 3.30. The van der Waals surface area contributed by atoms with Gasteiger partial charge in [-0.05, 0) is 19.3 Å². The molecule has 0 aromatic rings. The summed E-state index contributed by atoms with van der Waals surface area (Å²) in [6, 6.07) is 1.38. The fourth-order valence-corrected chi connectivity index (χ4v) is 1.42. The van der Waals surface area contributed by atoms with E-state index in [4.69, 9.17) is 0 Å². The van der Waals surface area contributed by atoms with E-state index in [1.54, 1.807) is 0 Å². The summed E-state index contributed by atoms with van der Waals surface area (Å²) in [4.78, 5) is 0. The van der Waals surface area contributed by atoms with Crippen LogP contribution in [0.15, 0.2) is 12.2 Å². The Balaban J connectivity index is 2.22. The molecule has 10 heavy (non-hydrogen) atoms. The Morgan fingerprint density at radius 1 is 1.40 bits per heavy atom. The van der Waals surface area contributed by atoms with Crippen molar-refractivity contribution in [1.29, 1.82) is 0 Å². The zero-order chi connectivity index (χ0) is 7.40. The summed E-state index contributed by atoms with van der Waals surface area (Å²) in [5.41, 5.74) is 0. The molecule has 0 saturated carbocycles. The molecular weight excluding hydrogens is 122 g/mol. The van der Waals surface area contributed by atoms with Crippen molar-refractivity contribution in [2.75, 3.05) is 0 Å². The molecule has 0 amide bonds. The third kappa shape index (κ3) is 2.53. The number of allylic oxidation sites excluding steroid dienone is 1. The van der Waals surface area contributed by atoms with E-state index in [9.17, 15) is 0 Å². The van der Waals surface area contributed by atoms with Gasteiger partial charge in [0.25, 0.3) is 0 Å². The molecule has 1 nitrogen and oxygen atoms in total. The van der Waals surface area contributed by atoms with E-state index in [2.05, 4.69) is 31.3 Å². The third-order valence-corrected chi connectivity index (χ3v) is 1.84. The van der Waals surface area contributed by atoms with Crippen molar-refractivity contribution in [2.24, 2.45) is 0 Å². The molecule has 1 aliphatic rings. The minimum Gasteiger partial charge on any atom is -0.311 e. The molecule has 0 aromatic carbocycles. The zero-order valence-corrected chi connectivity index (χ0v) is 6.93. The molecule has 0 aliphatic heterocycles. The van der Waals surface area contributed by atoms with Crippen molar-refractivity contribution in [2.45, 2.75) is 45.2 Å². The first kappa shape index (κ1) is 7.80. The van der Waals surface area contributed by atoms with Crippen LogP contribution in [0, 0.1) is 0 Å². The quantitative estimate of drug-likeness (QED) is 0.578. The molecule has 1 atom stereocenters. The Labute approximate surface area is 63.5 Å². The van der Waals surface area contributed by atoms with Gasteiger partial charge in [-0.2, -0.15) is 0 Å². The molecule has 58 valence electrons. The van der Waals surface area contributed by atoms with E-state index >= 15 is 0 Å². The lowest BCUT2D eigenvalue weighted by Crippen LogP contribution is -2.35. The van der Waals surface area contributed by atoms with Gasteiger partial charge >= 0.3 is 0 Å². The van der Waals surface area contributed by atoms with Crippen LogP contribution in [0.2, 0.25) is 0 Å². The van der Waals surface area contributed by atoms with E-state index in [1.165, 1.54) is 19.3 Å². The fourth-order valence-electron chi connectivity index (χ4n) is 1.42. The van der Waals surface area contributed by atoms with Crippen molar-refractivity contribution < 1.29 is 0 Å². The average molecular weight is 139 g/mol. The Hall–Kier alpha value is -0.300. The molecule has 0 heterocycles. The normalized spacial score (nSPS) is 25.7. The first-order chi connectivity index (χ1) is 4.79. The molecule has 1 aliphatic carbocycles.